The maximum absolute atomic E-state index is 13.6. The molecule has 1 aromatic carbocycles. The fourth-order valence-corrected chi connectivity index (χ4v) is 2.12. The van der Waals surface area contributed by atoms with Crippen LogP contribution in [0.5, 0.6) is 0 Å². The van der Waals surface area contributed by atoms with Crippen LogP contribution in [0.3, 0.4) is 0 Å². The van der Waals surface area contributed by atoms with Crippen LogP contribution in [-0.4, -0.2) is 36.3 Å². The molecule has 0 saturated carbocycles. The first-order chi connectivity index (χ1) is 8.49. The minimum atomic E-state index is -0.946. The number of rotatable bonds is 1. The second-order valence-electron chi connectivity index (χ2n) is 3.82. The van der Waals surface area contributed by atoms with Crippen LogP contribution >= 0.6 is 15.9 Å². The average Bonchev–Trinajstić information content (AvgIpc) is 2.27. The van der Waals surface area contributed by atoms with Gasteiger partial charge in [-0.2, -0.15) is 0 Å². The Morgan fingerprint density at radius 2 is 1.94 bits per heavy atom. The molecule has 1 saturated heterocycles. The molecule has 1 aliphatic heterocycles. The molecule has 0 radical (unpaired) electrons. The topological polar surface area (TPSA) is 49.4 Å². The van der Waals surface area contributed by atoms with Gasteiger partial charge in [-0.05, 0) is 12.1 Å². The summed E-state index contributed by atoms with van der Waals surface area (Å²) in [7, 11) is 0. The van der Waals surface area contributed by atoms with E-state index >= 15 is 0 Å². The Balaban J connectivity index is 2.31. The van der Waals surface area contributed by atoms with Crippen molar-refractivity contribution in [3.8, 4) is 0 Å². The van der Waals surface area contributed by atoms with Crippen LogP contribution in [0.15, 0.2) is 16.6 Å². The Labute approximate surface area is 110 Å². The van der Waals surface area contributed by atoms with Crippen molar-refractivity contribution in [2.45, 2.75) is 0 Å². The number of hydrogen-bond donors (Lipinski definition) is 1. The van der Waals surface area contributed by atoms with Crippen LogP contribution in [0.1, 0.15) is 10.4 Å². The summed E-state index contributed by atoms with van der Waals surface area (Å²) in [6, 6.07) is 2.03. The minimum Gasteiger partial charge on any atom is -0.353 e. The van der Waals surface area contributed by atoms with E-state index in [9.17, 15) is 18.4 Å². The largest absolute Gasteiger partial charge is 0.353 e. The zero-order valence-corrected chi connectivity index (χ0v) is 10.8. The molecule has 0 spiro atoms. The lowest BCUT2D eigenvalue weighted by molar-refractivity contribution is -0.123. The number of hydrogen-bond acceptors (Lipinski definition) is 2. The van der Waals surface area contributed by atoms with Crippen molar-refractivity contribution < 1.29 is 18.4 Å². The first-order valence-electron chi connectivity index (χ1n) is 5.19. The molecule has 4 nitrogen and oxygen atoms in total. The van der Waals surface area contributed by atoms with Crippen LogP contribution in [0.25, 0.3) is 0 Å². The third-order valence-electron chi connectivity index (χ3n) is 2.55. The highest BCUT2D eigenvalue weighted by Gasteiger charge is 2.27. The Morgan fingerprint density at radius 1 is 1.33 bits per heavy atom. The number of nitrogens with zero attached hydrogens (tertiary/aromatic N) is 1. The fraction of sp³-hybridized carbons (Fsp3) is 0.273. The van der Waals surface area contributed by atoms with Crippen LogP contribution in [-0.2, 0) is 4.79 Å². The van der Waals surface area contributed by atoms with Crippen molar-refractivity contribution in [3.05, 3.63) is 33.8 Å². The molecule has 1 aromatic rings. The van der Waals surface area contributed by atoms with Crippen molar-refractivity contribution in [1.82, 2.24) is 10.2 Å². The second-order valence-corrected chi connectivity index (χ2v) is 4.74. The molecule has 1 heterocycles. The SMILES string of the molecule is O=C1CN(C(=O)c2c(F)cc(Br)cc2F)CCN1. The fourth-order valence-electron chi connectivity index (χ4n) is 1.72. The molecular formula is C11H9BrF2N2O2. The Morgan fingerprint density at radius 3 is 2.50 bits per heavy atom. The number of piperazine rings is 1. The number of carbonyl (C=O) groups is 2. The van der Waals surface area contributed by atoms with Crippen LogP contribution < -0.4 is 5.32 Å². The first-order valence-corrected chi connectivity index (χ1v) is 5.99. The van der Waals surface area contributed by atoms with Gasteiger partial charge in [0.15, 0.2) is 0 Å². The maximum atomic E-state index is 13.6. The summed E-state index contributed by atoms with van der Waals surface area (Å²) in [4.78, 5) is 24.2. The third kappa shape index (κ3) is 2.50. The van der Waals surface area contributed by atoms with Gasteiger partial charge in [0.2, 0.25) is 5.91 Å². The maximum Gasteiger partial charge on any atom is 0.260 e. The summed E-state index contributed by atoms with van der Waals surface area (Å²) < 4.78 is 27.4. The smallest absolute Gasteiger partial charge is 0.260 e. The number of benzene rings is 1. The van der Waals surface area contributed by atoms with E-state index in [1.165, 1.54) is 0 Å². The number of amides is 2. The minimum absolute atomic E-state index is 0.187. The highest BCUT2D eigenvalue weighted by Crippen LogP contribution is 2.21. The Bertz CT molecular complexity index is 499. The van der Waals surface area contributed by atoms with Crippen molar-refractivity contribution in [1.29, 1.82) is 0 Å². The van der Waals surface area contributed by atoms with Crippen molar-refractivity contribution >= 4 is 27.7 Å². The van der Waals surface area contributed by atoms with Gasteiger partial charge < -0.3 is 10.2 Å². The molecule has 2 rings (SSSR count). The summed E-state index contributed by atoms with van der Waals surface area (Å²) in [5.74, 6) is -3.05. The van der Waals surface area contributed by atoms with Gasteiger partial charge in [-0.25, -0.2) is 8.78 Å². The van der Waals surface area contributed by atoms with Gasteiger partial charge in [-0.1, -0.05) is 15.9 Å². The van der Waals surface area contributed by atoms with Gasteiger partial charge in [-0.15, -0.1) is 0 Å². The van der Waals surface area contributed by atoms with Crippen LogP contribution in [0.2, 0.25) is 0 Å². The monoisotopic (exact) mass is 318 g/mol. The van der Waals surface area contributed by atoms with Crippen molar-refractivity contribution in [3.63, 3.8) is 0 Å². The van der Waals surface area contributed by atoms with E-state index in [0.717, 1.165) is 17.0 Å². The highest BCUT2D eigenvalue weighted by atomic mass is 79.9. The van der Waals surface area contributed by atoms with Gasteiger partial charge in [-0.3, -0.25) is 9.59 Å². The number of nitrogens with one attached hydrogen (secondary N) is 1. The van der Waals surface area contributed by atoms with Gasteiger partial charge in [0, 0.05) is 17.6 Å². The molecule has 1 N–H and O–H groups in total. The predicted octanol–water partition coefficient (Wildman–Crippen LogP) is 1.30. The van der Waals surface area contributed by atoms with Crippen LogP contribution in [0.4, 0.5) is 8.78 Å². The lowest BCUT2D eigenvalue weighted by Crippen LogP contribution is -2.50. The van der Waals surface area contributed by atoms with E-state index in [2.05, 4.69) is 21.2 Å². The molecule has 0 unspecified atom stereocenters. The molecular weight excluding hydrogens is 310 g/mol. The summed E-state index contributed by atoms with van der Waals surface area (Å²) >= 11 is 2.93. The molecule has 2 amide bonds. The highest BCUT2D eigenvalue weighted by molar-refractivity contribution is 9.10. The normalized spacial score (nSPS) is 15.5. The van der Waals surface area contributed by atoms with E-state index in [0.29, 0.717) is 0 Å². The van der Waals surface area contributed by atoms with Gasteiger partial charge >= 0.3 is 0 Å². The zero-order chi connectivity index (χ0) is 13.3. The summed E-state index contributed by atoms with van der Waals surface area (Å²) in [5, 5.41) is 2.53. The van der Waals surface area contributed by atoms with Gasteiger partial charge in [0.1, 0.15) is 17.2 Å². The van der Waals surface area contributed by atoms with E-state index in [1.807, 2.05) is 0 Å². The molecule has 96 valence electrons. The number of carbonyl (C=O) groups excluding carboxylic acids is 2. The van der Waals surface area contributed by atoms with E-state index in [-0.39, 0.29) is 30.0 Å². The predicted molar refractivity (Wildman–Crippen MR) is 63.0 cm³/mol. The van der Waals surface area contributed by atoms with E-state index in [1.54, 1.807) is 0 Å². The van der Waals surface area contributed by atoms with E-state index in [4.69, 9.17) is 0 Å². The molecule has 0 aromatic heterocycles. The summed E-state index contributed by atoms with van der Waals surface area (Å²) in [5.41, 5.74) is -0.632. The van der Waals surface area contributed by atoms with Crippen LogP contribution in [0, 0.1) is 11.6 Å². The molecule has 0 atom stereocenters. The first kappa shape index (κ1) is 12.9. The Hall–Kier alpha value is -1.50. The average molecular weight is 319 g/mol. The van der Waals surface area contributed by atoms with E-state index < -0.39 is 23.1 Å². The second kappa shape index (κ2) is 5.01. The Kier molecular flexibility index (Phi) is 3.60. The molecule has 0 aliphatic carbocycles. The quantitative estimate of drug-likeness (QED) is 0.848. The molecule has 7 heteroatoms. The lowest BCUT2D eigenvalue weighted by Gasteiger charge is -2.26. The number of halogens is 3. The van der Waals surface area contributed by atoms with Crippen molar-refractivity contribution in [2.75, 3.05) is 19.6 Å². The lowest BCUT2D eigenvalue weighted by atomic mass is 10.1. The van der Waals surface area contributed by atoms with Gasteiger partial charge in [0.05, 0.1) is 6.54 Å². The van der Waals surface area contributed by atoms with Gasteiger partial charge in [0.25, 0.3) is 5.91 Å². The molecule has 1 aliphatic rings. The third-order valence-corrected chi connectivity index (χ3v) is 3.00. The molecule has 18 heavy (non-hydrogen) atoms. The molecule has 0 bridgehead atoms. The molecule has 1 fully saturated rings. The summed E-state index contributed by atoms with van der Waals surface area (Å²) in [6.07, 6.45) is 0. The zero-order valence-electron chi connectivity index (χ0n) is 9.17. The standard InChI is InChI=1S/C11H9BrF2N2O2/c12-6-3-7(13)10(8(14)4-6)11(18)16-2-1-15-9(17)5-16/h3-4H,1-2,5H2,(H,15,17). The summed E-state index contributed by atoms with van der Waals surface area (Å²) in [6.45, 7) is 0.331. The van der Waals surface area contributed by atoms with Crippen molar-refractivity contribution in [2.24, 2.45) is 0 Å².